The van der Waals surface area contributed by atoms with Gasteiger partial charge in [-0.2, -0.15) is 0 Å². The number of nitrogens with one attached hydrogen (secondary N) is 1. The van der Waals surface area contributed by atoms with Crippen molar-refractivity contribution in [2.45, 2.75) is 25.7 Å². The minimum atomic E-state index is 0.0239. The Hall–Kier alpha value is -3.52. The molecule has 2 heteroatoms. The molecule has 0 bridgehead atoms. The molecule has 146 valence electrons. The fourth-order valence-electron chi connectivity index (χ4n) is 4.81. The van der Waals surface area contributed by atoms with E-state index in [0.29, 0.717) is 0 Å². The summed E-state index contributed by atoms with van der Waals surface area (Å²) in [6, 6.07) is 17.3. The highest BCUT2D eigenvalue weighted by atomic mass is 16.3. The van der Waals surface area contributed by atoms with Gasteiger partial charge in [-0.25, -0.2) is 0 Å². The lowest BCUT2D eigenvalue weighted by molar-refractivity contribution is 0.533. The third kappa shape index (κ3) is 2.43. The van der Waals surface area contributed by atoms with Gasteiger partial charge in [-0.05, 0) is 58.9 Å². The highest BCUT2D eigenvalue weighted by molar-refractivity contribution is 6.16. The number of hydrogen-bond acceptors (Lipinski definition) is 1. The third-order valence-corrected chi connectivity index (χ3v) is 6.48. The topological polar surface area (TPSA) is 28.9 Å². The molecular weight excluding hydrogens is 366 g/mol. The maximum atomic E-state index is 6.15. The zero-order valence-electron chi connectivity index (χ0n) is 17.3. The minimum absolute atomic E-state index is 0.0239. The lowest BCUT2D eigenvalue weighted by Gasteiger charge is -2.27. The monoisotopic (exact) mass is 389 g/mol. The quantitative estimate of drug-likeness (QED) is 0.285. The predicted molar refractivity (Wildman–Crippen MR) is 128 cm³/mol. The SMILES string of the molecule is C=C1/C=C\C=C/CC(C)(C)c2cc3[nH]c4cc5c(cc4c3cc21)oc1ccccc15. The second-order valence-electron chi connectivity index (χ2n) is 8.96. The average molecular weight is 389 g/mol. The number of furan rings is 1. The van der Waals surface area contributed by atoms with Crippen LogP contribution >= 0.6 is 0 Å². The fraction of sp³-hybridized carbons (Fsp3) is 0.143. The van der Waals surface area contributed by atoms with E-state index in [1.165, 1.54) is 21.9 Å². The van der Waals surface area contributed by atoms with E-state index < -0.39 is 0 Å². The summed E-state index contributed by atoms with van der Waals surface area (Å²) in [6.07, 6.45) is 9.55. The van der Waals surface area contributed by atoms with Crippen molar-refractivity contribution >= 4 is 49.3 Å². The average Bonchev–Trinajstić information content (AvgIpc) is 3.28. The van der Waals surface area contributed by atoms with Gasteiger partial charge in [0.2, 0.25) is 0 Å². The predicted octanol–water partition coefficient (Wildman–Crippen LogP) is 8.03. The first-order valence-electron chi connectivity index (χ1n) is 10.4. The normalized spacial score (nSPS) is 18.4. The van der Waals surface area contributed by atoms with Gasteiger partial charge >= 0.3 is 0 Å². The third-order valence-electron chi connectivity index (χ3n) is 6.48. The van der Waals surface area contributed by atoms with E-state index >= 15 is 0 Å². The van der Waals surface area contributed by atoms with Crippen molar-refractivity contribution in [3.63, 3.8) is 0 Å². The Morgan fingerprint density at radius 2 is 1.67 bits per heavy atom. The first-order valence-corrected chi connectivity index (χ1v) is 10.4. The van der Waals surface area contributed by atoms with Crippen molar-refractivity contribution in [1.29, 1.82) is 0 Å². The van der Waals surface area contributed by atoms with Gasteiger partial charge in [0.1, 0.15) is 11.2 Å². The van der Waals surface area contributed by atoms with Crippen molar-refractivity contribution in [3.05, 3.63) is 90.5 Å². The summed E-state index contributed by atoms with van der Waals surface area (Å²) in [7, 11) is 0. The largest absolute Gasteiger partial charge is 0.456 e. The van der Waals surface area contributed by atoms with Gasteiger partial charge in [-0.15, -0.1) is 0 Å². The van der Waals surface area contributed by atoms with E-state index in [4.69, 9.17) is 4.42 Å². The molecule has 0 spiro atoms. The summed E-state index contributed by atoms with van der Waals surface area (Å²) < 4.78 is 6.15. The number of rotatable bonds is 0. The summed E-state index contributed by atoms with van der Waals surface area (Å²) >= 11 is 0. The molecule has 1 N–H and O–H groups in total. The van der Waals surface area contributed by atoms with Crippen LogP contribution in [0.1, 0.15) is 31.4 Å². The van der Waals surface area contributed by atoms with Crippen LogP contribution in [0.15, 0.2) is 83.8 Å². The number of H-pyrrole nitrogens is 1. The molecule has 0 aliphatic heterocycles. The summed E-state index contributed by atoms with van der Waals surface area (Å²) in [4.78, 5) is 3.67. The first-order chi connectivity index (χ1) is 14.5. The first kappa shape index (κ1) is 17.3. The molecule has 0 radical (unpaired) electrons. The number of hydrogen-bond donors (Lipinski definition) is 1. The van der Waals surface area contributed by atoms with E-state index in [1.54, 1.807) is 0 Å². The number of benzene rings is 3. The number of allylic oxidation sites excluding steroid dienone is 5. The lowest BCUT2D eigenvalue weighted by Crippen LogP contribution is -2.18. The number of fused-ring (bicyclic) bond motifs is 7. The molecule has 0 fully saturated rings. The molecule has 0 atom stereocenters. The van der Waals surface area contributed by atoms with Crippen molar-refractivity contribution in [2.24, 2.45) is 0 Å². The van der Waals surface area contributed by atoms with E-state index in [-0.39, 0.29) is 5.41 Å². The maximum absolute atomic E-state index is 6.15. The van der Waals surface area contributed by atoms with Gasteiger partial charge in [0.15, 0.2) is 0 Å². The van der Waals surface area contributed by atoms with Gasteiger partial charge in [-0.1, -0.05) is 62.9 Å². The van der Waals surface area contributed by atoms with Gasteiger partial charge in [-0.3, -0.25) is 0 Å². The molecule has 0 saturated carbocycles. The van der Waals surface area contributed by atoms with Crippen molar-refractivity contribution in [1.82, 2.24) is 4.98 Å². The van der Waals surface area contributed by atoms with Crippen LogP contribution in [0.4, 0.5) is 0 Å². The van der Waals surface area contributed by atoms with Crippen molar-refractivity contribution in [2.75, 3.05) is 0 Å². The molecule has 2 heterocycles. The second-order valence-corrected chi connectivity index (χ2v) is 8.96. The maximum Gasteiger partial charge on any atom is 0.136 e. The van der Waals surface area contributed by atoms with Crippen LogP contribution in [-0.4, -0.2) is 4.98 Å². The summed E-state index contributed by atoms with van der Waals surface area (Å²) in [5.41, 5.74) is 7.78. The molecule has 30 heavy (non-hydrogen) atoms. The Morgan fingerprint density at radius 1 is 0.867 bits per heavy atom. The van der Waals surface area contributed by atoms with Crippen molar-refractivity contribution < 1.29 is 4.42 Å². The molecule has 1 aliphatic carbocycles. The molecule has 2 nitrogen and oxygen atoms in total. The highest BCUT2D eigenvalue weighted by Gasteiger charge is 2.25. The molecule has 6 rings (SSSR count). The van der Waals surface area contributed by atoms with E-state index in [1.807, 2.05) is 12.1 Å². The lowest BCUT2D eigenvalue weighted by atomic mass is 9.77. The Balaban J connectivity index is 1.69. The Labute approximate surface area is 175 Å². The van der Waals surface area contributed by atoms with Crippen LogP contribution < -0.4 is 0 Å². The van der Waals surface area contributed by atoms with Crippen LogP contribution in [0.25, 0.3) is 49.3 Å². The minimum Gasteiger partial charge on any atom is -0.456 e. The second kappa shape index (κ2) is 5.99. The van der Waals surface area contributed by atoms with Crippen LogP contribution in [0.3, 0.4) is 0 Å². The van der Waals surface area contributed by atoms with Gasteiger partial charge in [0.05, 0.1) is 0 Å². The summed E-state index contributed by atoms with van der Waals surface area (Å²) in [5, 5.41) is 4.70. The highest BCUT2D eigenvalue weighted by Crippen LogP contribution is 2.40. The van der Waals surface area contributed by atoms with Gasteiger partial charge in [0, 0.05) is 32.6 Å². The zero-order chi connectivity index (χ0) is 20.5. The molecule has 0 amide bonds. The standard InChI is InChI=1S/C28H23NO/c1-17-9-5-4-8-12-28(2,3)23-16-25-20(13-19(17)23)21-15-27-22(14-24(21)29-25)18-10-6-7-11-26(18)30-27/h4-11,13-16,29H,1,12H2,2-3H3/b8-4-,9-5-. The number of aromatic nitrogens is 1. The zero-order valence-corrected chi connectivity index (χ0v) is 17.3. The Morgan fingerprint density at radius 3 is 2.57 bits per heavy atom. The van der Waals surface area contributed by atoms with Gasteiger partial charge in [0.25, 0.3) is 0 Å². The van der Waals surface area contributed by atoms with E-state index in [9.17, 15) is 0 Å². The van der Waals surface area contributed by atoms with Crippen molar-refractivity contribution in [3.8, 4) is 0 Å². The molecule has 0 unspecified atom stereocenters. The van der Waals surface area contributed by atoms with E-state index in [0.717, 1.165) is 45.0 Å². The van der Waals surface area contributed by atoms with Crippen LogP contribution in [-0.2, 0) is 5.41 Å². The van der Waals surface area contributed by atoms with Gasteiger partial charge < -0.3 is 9.40 Å². The molecule has 1 aliphatic rings. The Bertz CT molecular complexity index is 1550. The van der Waals surface area contributed by atoms with Crippen LogP contribution in [0, 0.1) is 0 Å². The summed E-state index contributed by atoms with van der Waals surface area (Å²) in [6.45, 7) is 8.98. The molecular formula is C28H23NO. The molecule has 3 aromatic carbocycles. The number of aromatic amines is 1. The van der Waals surface area contributed by atoms with Crippen LogP contribution in [0.5, 0.6) is 0 Å². The molecule has 0 saturated heterocycles. The Kier molecular flexibility index (Phi) is 3.47. The summed E-state index contributed by atoms with van der Waals surface area (Å²) in [5.74, 6) is 0. The fourth-order valence-corrected chi connectivity index (χ4v) is 4.81. The molecule has 5 aromatic rings. The van der Waals surface area contributed by atoms with Crippen LogP contribution in [0.2, 0.25) is 0 Å². The smallest absolute Gasteiger partial charge is 0.136 e. The number of para-hydroxylation sites is 1. The van der Waals surface area contributed by atoms with E-state index in [2.05, 4.69) is 86.1 Å². The molecule has 2 aromatic heterocycles.